The lowest BCUT2D eigenvalue weighted by atomic mass is 15.4. The Balaban J connectivity index is -0.00000000200. The quantitative estimate of drug-likeness (QED) is 0.481. The van der Waals surface area contributed by atoms with Gasteiger partial charge in [0, 0.05) is 5.15 Å². The summed E-state index contributed by atoms with van der Waals surface area (Å²) in [6.45, 7) is 0. The second-order valence-electron chi connectivity index (χ2n) is 0.0583. The lowest BCUT2D eigenvalue weighted by Crippen LogP contribution is -1.26. The zero-order chi connectivity index (χ0) is 2.71. The summed E-state index contributed by atoms with van der Waals surface area (Å²) in [5.74, 6) is 0. The summed E-state index contributed by atoms with van der Waals surface area (Å²) in [4.78, 5) is 0. The van der Waals surface area contributed by atoms with E-state index in [1.165, 1.54) is 5.15 Å². The Labute approximate surface area is 39.3 Å². The Hall–Kier alpha value is -0.530. The highest BCUT2D eigenvalue weighted by atomic mass is 19.6. The second-order valence-corrected chi connectivity index (χ2v) is 0.0583. The van der Waals surface area contributed by atoms with Crippen LogP contribution in [0.1, 0.15) is 0 Å². The molecule has 0 saturated heterocycles. The largest absolute Gasteiger partial charge is 0.269 e. The van der Waals surface area contributed by atoms with Gasteiger partial charge in [-0.3, -0.25) is 23.5 Å². The fraction of sp³-hybridized carbons (Fsp3) is 0. The Kier molecular flexibility index (Phi) is 15900. The van der Waals surface area contributed by atoms with Gasteiger partial charge in [0.1, 0.15) is 0 Å². The van der Waals surface area contributed by atoms with Crippen LogP contribution in [0.2, 0.25) is 0 Å². The molecule has 8 heavy (non-hydrogen) atoms. The van der Waals surface area contributed by atoms with Crippen molar-refractivity contribution in [2.24, 2.45) is 0 Å². The van der Waals surface area contributed by atoms with Gasteiger partial charge in [0.05, 0.1) is 0 Å². The number of rotatable bonds is 0. The van der Waals surface area contributed by atoms with Crippen LogP contribution in [0, 0.1) is 0 Å². The average Bonchev–Trinajstić information content (AvgIpc) is 0.918. The third-order valence-electron chi connectivity index (χ3n) is 0. The van der Waals surface area contributed by atoms with Crippen molar-refractivity contribution in [2.45, 2.75) is 0 Å². The molecule has 0 aliphatic carbocycles. The van der Waals surface area contributed by atoms with Gasteiger partial charge in [-0.25, -0.2) is 0 Å². The van der Waals surface area contributed by atoms with Gasteiger partial charge in [0.25, 0.3) is 0 Å². The molecule has 60 valence electrons. The normalized spacial score (nSPS) is 2.25. The molecule has 0 aliphatic heterocycles. The van der Waals surface area contributed by atoms with Crippen molar-refractivity contribution in [3.8, 4) is 0 Å². The van der Waals surface area contributed by atoms with Crippen molar-refractivity contribution in [1.82, 2.24) is 0 Å². The lowest BCUT2D eigenvalue weighted by Gasteiger charge is -1.41. The summed E-state index contributed by atoms with van der Waals surface area (Å²) in [6, 6.07) is 0. The highest BCUT2D eigenvalue weighted by molar-refractivity contribution is 2.51. The summed E-state index contributed by atoms with van der Waals surface area (Å²) in [5.41, 5.74) is 0. The monoisotopic (exact) mass is 154 g/mol. The fourth-order valence-electron chi connectivity index (χ4n) is 0. The molecule has 0 amide bonds. The summed E-state index contributed by atoms with van der Waals surface area (Å²) >= 11 is 0. The molecule has 0 spiro atoms. The molecule has 0 radical (unpaired) electrons. The maximum atomic E-state index is 9.12. The van der Waals surface area contributed by atoms with Crippen LogP contribution in [-0.4, -0.2) is 0 Å². The maximum absolute atomic E-state index is 9.12. The summed E-state index contributed by atoms with van der Waals surface area (Å²) < 4.78 is 18.2. The van der Waals surface area contributed by atoms with Crippen molar-refractivity contribution < 1.29 is 37.7 Å². The maximum Gasteiger partial charge on any atom is 0.0209 e. The van der Waals surface area contributed by atoms with Crippen LogP contribution in [-0.2, 0) is 5.15 Å². The second kappa shape index (κ2) is 876. The minimum absolute atomic E-state index is 0. The first-order chi connectivity index (χ1) is 1.41. The first-order valence-electron chi connectivity index (χ1n) is 0.309. The number of halogens is 7. The summed E-state index contributed by atoms with van der Waals surface area (Å²) in [5, 5.41) is 1.25. The first-order valence-corrected chi connectivity index (χ1v) is 0.309. The van der Waals surface area contributed by atoms with Crippen LogP contribution < -0.4 is 0 Å². The molecule has 0 rings (SSSR count). The minimum Gasteiger partial charge on any atom is -0.269 e. The van der Waals surface area contributed by atoms with E-state index in [9.17, 15) is 0 Å². The minimum atomic E-state index is 0. The third kappa shape index (κ3) is 389. The van der Waals surface area contributed by atoms with Crippen LogP contribution >= 0.6 is 0 Å². The number of hydrogen-bond donors (Lipinski definition) is 0. The van der Waals surface area contributed by atoms with Gasteiger partial charge < -0.3 is 0 Å². The molecule has 0 unspecified atom stereocenters. The molecule has 1 nitrogen and oxygen atoms in total. The molecule has 0 fully saturated rings. The van der Waals surface area contributed by atoms with Gasteiger partial charge in [-0.2, -0.15) is 0 Å². The van der Waals surface area contributed by atoms with E-state index in [4.69, 9.17) is 9.05 Å². The van der Waals surface area contributed by atoms with E-state index in [0.717, 1.165) is 0 Å². The van der Waals surface area contributed by atoms with Crippen LogP contribution in [0.15, 0.2) is 0 Å². The molecule has 0 bridgehead atoms. The van der Waals surface area contributed by atoms with Crippen LogP contribution in [0.4, 0.5) is 32.6 Å². The molecule has 0 aromatic carbocycles. The predicted octanol–water partition coefficient (Wildman–Crippen LogP) is 1.53. The Morgan fingerprint density at radius 3 is 0.625 bits per heavy atom. The van der Waals surface area contributed by atoms with E-state index in [-0.39, 0.29) is 23.5 Å². The van der Waals surface area contributed by atoms with Gasteiger partial charge in [-0.15, -0.1) is 0 Å². The SMILES string of the molecule is F.F.F.F.F.FOF. The highest BCUT2D eigenvalue weighted by Crippen LogP contribution is 1.61. The average molecular weight is 154 g/mol. The van der Waals surface area contributed by atoms with E-state index in [0.29, 0.717) is 0 Å². The van der Waals surface area contributed by atoms with Gasteiger partial charge in [-0.05, 0) is 9.05 Å². The molecule has 0 aromatic heterocycles. The van der Waals surface area contributed by atoms with Crippen molar-refractivity contribution in [1.29, 1.82) is 0 Å². The van der Waals surface area contributed by atoms with Crippen molar-refractivity contribution >= 4 is 0 Å². The first kappa shape index (κ1) is 145. The van der Waals surface area contributed by atoms with E-state index in [1.54, 1.807) is 0 Å². The molecule has 0 heterocycles. The van der Waals surface area contributed by atoms with Gasteiger partial charge >= 0.3 is 0 Å². The topological polar surface area (TPSA) is 9.23 Å². The molecule has 0 N–H and O–H groups in total. The van der Waals surface area contributed by atoms with E-state index >= 15 is 0 Å². The van der Waals surface area contributed by atoms with E-state index < -0.39 is 0 Å². The molecule has 0 atom stereocenters. The van der Waals surface area contributed by atoms with Gasteiger partial charge in [-0.1, -0.05) is 0 Å². The summed E-state index contributed by atoms with van der Waals surface area (Å²) in [7, 11) is 0. The Morgan fingerprint density at radius 2 is 0.625 bits per heavy atom. The van der Waals surface area contributed by atoms with Crippen molar-refractivity contribution in [2.75, 3.05) is 0 Å². The molecule has 8 heteroatoms. The molecular weight excluding hydrogens is 149 g/mol. The zero-order valence-corrected chi connectivity index (χ0v) is 3.21. The van der Waals surface area contributed by atoms with E-state index in [1.807, 2.05) is 0 Å². The zero-order valence-electron chi connectivity index (χ0n) is 3.21. The highest BCUT2D eigenvalue weighted by Gasteiger charge is 1.42. The Morgan fingerprint density at radius 1 is 0.625 bits per heavy atom. The molecular formula is H5F7O. The fourth-order valence-corrected chi connectivity index (χ4v) is 0. The molecule has 0 saturated carbocycles. The van der Waals surface area contributed by atoms with Crippen LogP contribution in [0.5, 0.6) is 0 Å². The van der Waals surface area contributed by atoms with Gasteiger partial charge in [0.2, 0.25) is 0 Å². The van der Waals surface area contributed by atoms with Crippen LogP contribution in [0.3, 0.4) is 0 Å². The van der Waals surface area contributed by atoms with E-state index in [2.05, 4.69) is 0 Å². The predicted molar refractivity (Wildman–Crippen MR) is 15.8 cm³/mol. The van der Waals surface area contributed by atoms with Crippen LogP contribution in [0.25, 0.3) is 0 Å². The Bertz CT molecular complexity index is 4.35. The molecule has 0 aromatic rings. The number of hydrogen-bond acceptors (Lipinski definition) is 1. The van der Waals surface area contributed by atoms with Crippen molar-refractivity contribution in [3.05, 3.63) is 0 Å². The smallest absolute Gasteiger partial charge is 0.0209 e. The molecule has 0 aliphatic rings. The standard InChI is InChI=1S/F2O.5FH/c1-3-2;;;;;/h;5*1H. The van der Waals surface area contributed by atoms with Gasteiger partial charge in [0.15, 0.2) is 0 Å². The van der Waals surface area contributed by atoms with Crippen molar-refractivity contribution in [3.63, 3.8) is 0 Å². The summed E-state index contributed by atoms with van der Waals surface area (Å²) in [6.07, 6.45) is 0. The lowest BCUT2D eigenvalue weighted by molar-refractivity contribution is -0.317. The third-order valence-corrected chi connectivity index (χ3v) is 0.